The molecule has 12 heteroatoms. The Morgan fingerprint density at radius 3 is 2.43 bits per heavy atom. The van der Waals surface area contributed by atoms with Gasteiger partial charge in [-0.1, -0.05) is 35.3 Å². The fraction of sp³-hybridized carbons (Fsp3) is 0.0556. The van der Waals surface area contributed by atoms with Gasteiger partial charge in [-0.25, -0.2) is 9.97 Å². The number of nitrogens with one attached hydrogen (secondary N) is 3. The molecule has 3 aromatic rings. The third kappa shape index (κ3) is 4.84. The smallest absolute Gasteiger partial charge is 0.393 e. The van der Waals surface area contributed by atoms with Crippen LogP contribution in [0.15, 0.2) is 48.8 Å². The first-order valence-electron chi connectivity index (χ1n) is 8.22. The maximum absolute atomic E-state index is 13.2. The van der Waals surface area contributed by atoms with Gasteiger partial charge in [0.25, 0.3) is 5.91 Å². The van der Waals surface area contributed by atoms with Gasteiger partial charge in [0, 0.05) is 5.02 Å². The highest BCUT2D eigenvalue weighted by Gasteiger charge is 2.33. The van der Waals surface area contributed by atoms with Crippen molar-refractivity contribution >= 4 is 52.1 Å². The lowest BCUT2D eigenvalue weighted by Gasteiger charge is -2.16. The molecule has 0 aliphatic rings. The van der Waals surface area contributed by atoms with E-state index in [0.717, 1.165) is 12.4 Å². The van der Waals surface area contributed by atoms with E-state index in [1.165, 1.54) is 36.4 Å². The van der Waals surface area contributed by atoms with Gasteiger partial charge in [-0.3, -0.25) is 15.6 Å². The molecule has 7 nitrogen and oxygen atoms in total. The number of nitrogens with two attached hydrogens (primary N) is 1. The monoisotopic (exact) mass is 456 g/mol. The summed E-state index contributed by atoms with van der Waals surface area (Å²) in [5, 5.41) is 3.03. The summed E-state index contributed by atoms with van der Waals surface area (Å²) in [6.07, 6.45) is -3.50. The molecule has 0 saturated heterocycles. The van der Waals surface area contributed by atoms with Gasteiger partial charge >= 0.3 is 6.18 Å². The summed E-state index contributed by atoms with van der Waals surface area (Å²) in [4.78, 5) is 20.0. The van der Waals surface area contributed by atoms with Crippen molar-refractivity contribution in [2.24, 2.45) is 0 Å². The molecule has 0 atom stereocenters. The number of hydrogen-bond donors (Lipinski definition) is 4. The van der Waals surface area contributed by atoms with E-state index in [2.05, 4.69) is 26.1 Å². The molecule has 2 aromatic carbocycles. The van der Waals surface area contributed by atoms with Gasteiger partial charge in [-0.2, -0.15) is 13.2 Å². The second kappa shape index (κ2) is 8.64. The molecule has 0 bridgehead atoms. The number of para-hydroxylation sites is 1. The Morgan fingerprint density at radius 1 is 1.03 bits per heavy atom. The summed E-state index contributed by atoms with van der Waals surface area (Å²) in [5.74, 6) is -0.718. The van der Waals surface area contributed by atoms with Crippen molar-refractivity contribution in [1.29, 1.82) is 0 Å². The van der Waals surface area contributed by atoms with Crippen LogP contribution in [-0.2, 0) is 6.18 Å². The van der Waals surface area contributed by atoms with E-state index in [9.17, 15) is 18.0 Å². The number of hydrazine groups is 1. The maximum atomic E-state index is 13.2. The topological polar surface area (TPSA) is 105 Å². The predicted octanol–water partition coefficient (Wildman–Crippen LogP) is 4.88. The minimum atomic E-state index is -4.57. The number of hydrogen-bond acceptors (Lipinski definition) is 6. The van der Waals surface area contributed by atoms with Crippen LogP contribution >= 0.6 is 23.2 Å². The Morgan fingerprint density at radius 2 is 1.73 bits per heavy atom. The number of alkyl halides is 3. The van der Waals surface area contributed by atoms with Crippen molar-refractivity contribution in [2.75, 3.05) is 16.5 Å². The normalized spacial score (nSPS) is 11.1. The molecule has 1 amide bonds. The van der Waals surface area contributed by atoms with Crippen LogP contribution in [-0.4, -0.2) is 15.9 Å². The van der Waals surface area contributed by atoms with Crippen molar-refractivity contribution in [3.8, 4) is 0 Å². The number of nitrogens with zero attached hydrogens (tertiary/aromatic N) is 2. The van der Waals surface area contributed by atoms with Gasteiger partial charge in [-0.15, -0.1) is 0 Å². The molecule has 5 N–H and O–H groups in total. The second-order valence-electron chi connectivity index (χ2n) is 5.86. The number of benzene rings is 2. The van der Waals surface area contributed by atoms with E-state index in [1.807, 2.05) is 0 Å². The van der Waals surface area contributed by atoms with E-state index >= 15 is 0 Å². The fourth-order valence-electron chi connectivity index (χ4n) is 2.42. The highest BCUT2D eigenvalue weighted by atomic mass is 35.5. The van der Waals surface area contributed by atoms with Gasteiger partial charge in [0.2, 0.25) is 0 Å². The number of amides is 1. The Hall–Kier alpha value is -3.24. The molecule has 3 rings (SSSR count). The third-order valence-electron chi connectivity index (χ3n) is 3.84. The Balaban J connectivity index is 1.78. The number of nitrogen functional groups attached to an aromatic ring is 1. The number of anilines is 4. The molecule has 0 unspecified atom stereocenters. The third-order valence-corrected chi connectivity index (χ3v) is 4.39. The Labute approximate surface area is 178 Å². The van der Waals surface area contributed by atoms with Crippen molar-refractivity contribution < 1.29 is 18.0 Å². The predicted molar refractivity (Wildman–Crippen MR) is 109 cm³/mol. The highest BCUT2D eigenvalue weighted by Crippen LogP contribution is 2.36. The van der Waals surface area contributed by atoms with Crippen LogP contribution in [0.1, 0.15) is 15.9 Å². The largest absolute Gasteiger partial charge is 0.418 e. The number of carbonyl (C=O) groups excluding carboxylic acids is 1. The zero-order chi connectivity index (χ0) is 21.9. The average molecular weight is 457 g/mol. The molecular weight excluding hydrogens is 444 g/mol. The van der Waals surface area contributed by atoms with Gasteiger partial charge < -0.3 is 11.1 Å². The first-order chi connectivity index (χ1) is 14.2. The molecule has 1 aromatic heterocycles. The summed E-state index contributed by atoms with van der Waals surface area (Å²) in [7, 11) is 0. The minimum Gasteiger partial charge on any atom is -0.393 e. The van der Waals surface area contributed by atoms with Crippen LogP contribution in [0.2, 0.25) is 10.0 Å². The van der Waals surface area contributed by atoms with Crippen LogP contribution in [0, 0.1) is 0 Å². The quantitative estimate of drug-likeness (QED) is 0.407. The van der Waals surface area contributed by atoms with E-state index < -0.39 is 17.6 Å². The standard InChI is InChI=1S/C18H13Cl2F3N6O/c19-9-5-6-10(12(20)7-9)17(30)29-28-16-14(24)15(25-8-26-16)27-13-4-2-1-3-11(13)18(21,22)23/h1-8H,24H2,(H,29,30)(H2,25,26,27,28). The molecule has 156 valence electrons. The van der Waals surface area contributed by atoms with Crippen molar-refractivity contribution in [1.82, 2.24) is 15.4 Å². The average Bonchev–Trinajstić information content (AvgIpc) is 2.68. The maximum Gasteiger partial charge on any atom is 0.418 e. The van der Waals surface area contributed by atoms with Crippen LogP contribution in [0.3, 0.4) is 0 Å². The molecule has 0 spiro atoms. The van der Waals surface area contributed by atoms with E-state index in [0.29, 0.717) is 5.02 Å². The number of carbonyl (C=O) groups is 1. The molecule has 0 aliphatic heterocycles. The van der Waals surface area contributed by atoms with Crippen molar-refractivity contribution in [2.45, 2.75) is 6.18 Å². The lowest BCUT2D eigenvalue weighted by atomic mass is 10.1. The molecular formula is C18H13Cl2F3N6O. The Bertz CT molecular complexity index is 1090. The zero-order valence-electron chi connectivity index (χ0n) is 14.9. The summed E-state index contributed by atoms with van der Waals surface area (Å²) < 4.78 is 39.5. The van der Waals surface area contributed by atoms with Crippen molar-refractivity contribution in [3.05, 3.63) is 70.0 Å². The van der Waals surface area contributed by atoms with Gasteiger partial charge in [0.05, 0.1) is 21.8 Å². The first-order valence-corrected chi connectivity index (χ1v) is 8.97. The van der Waals surface area contributed by atoms with Gasteiger partial charge in [0.15, 0.2) is 11.6 Å². The fourth-order valence-corrected chi connectivity index (χ4v) is 2.91. The van der Waals surface area contributed by atoms with Crippen LogP contribution in [0.25, 0.3) is 0 Å². The minimum absolute atomic E-state index is 0.0320. The second-order valence-corrected chi connectivity index (χ2v) is 6.70. The van der Waals surface area contributed by atoms with E-state index in [1.54, 1.807) is 0 Å². The summed E-state index contributed by atoms with van der Waals surface area (Å²) in [6.45, 7) is 0. The molecule has 30 heavy (non-hydrogen) atoms. The molecule has 0 radical (unpaired) electrons. The van der Waals surface area contributed by atoms with Crippen LogP contribution in [0.5, 0.6) is 0 Å². The highest BCUT2D eigenvalue weighted by molar-refractivity contribution is 6.36. The number of rotatable bonds is 5. The molecule has 1 heterocycles. The number of aromatic nitrogens is 2. The summed E-state index contributed by atoms with van der Waals surface area (Å²) in [6, 6.07) is 9.17. The van der Waals surface area contributed by atoms with E-state index in [-0.39, 0.29) is 33.6 Å². The zero-order valence-corrected chi connectivity index (χ0v) is 16.4. The SMILES string of the molecule is Nc1c(NNC(=O)c2ccc(Cl)cc2Cl)ncnc1Nc1ccccc1C(F)(F)F. The number of halogens is 5. The van der Waals surface area contributed by atoms with Crippen LogP contribution < -0.4 is 21.9 Å². The van der Waals surface area contributed by atoms with E-state index in [4.69, 9.17) is 28.9 Å². The molecule has 0 fully saturated rings. The van der Waals surface area contributed by atoms with Gasteiger partial charge in [0.1, 0.15) is 12.0 Å². The lowest BCUT2D eigenvalue weighted by Crippen LogP contribution is -2.30. The van der Waals surface area contributed by atoms with Crippen molar-refractivity contribution in [3.63, 3.8) is 0 Å². The Kier molecular flexibility index (Phi) is 6.18. The summed E-state index contributed by atoms with van der Waals surface area (Å²) in [5.41, 5.74) is 9.68. The lowest BCUT2D eigenvalue weighted by molar-refractivity contribution is -0.136. The van der Waals surface area contributed by atoms with Crippen LogP contribution in [0.4, 0.5) is 36.2 Å². The van der Waals surface area contributed by atoms with Gasteiger partial charge in [-0.05, 0) is 30.3 Å². The molecule has 0 saturated carbocycles. The summed E-state index contributed by atoms with van der Waals surface area (Å²) >= 11 is 11.8. The molecule has 0 aliphatic carbocycles. The first kappa shape index (κ1) is 21.5.